The van der Waals surface area contributed by atoms with E-state index in [1.165, 1.54) is 28.7 Å². The summed E-state index contributed by atoms with van der Waals surface area (Å²) in [5, 5.41) is 0. The van der Waals surface area contributed by atoms with E-state index in [0.29, 0.717) is 3.67 Å². The second-order valence-electron chi connectivity index (χ2n) is 11.9. The SMILES string of the molecule is C=CCC[C](C)=[Hf]([c]1c(C(C)(C)C)ccc2c1Cc1cc(C(C)(C)C)ccc1-2)[CH]1C=CC=C1. The summed E-state index contributed by atoms with van der Waals surface area (Å²) in [7, 11) is 0. The third-order valence-corrected chi connectivity index (χ3v) is 19.3. The first-order chi connectivity index (χ1) is 15.5. The van der Waals surface area contributed by atoms with Crippen LogP contribution in [0.15, 0.2) is 67.3 Å². The van der Waals surface area contributed by atoms with Crippen LogP contribution >= 0.6 is 0 Å². The molecule has 0 saturated carbocycles. The molecule has 0 N–H and O–H groups in total. The Kier molecular flexibility index (Phi) is 6.85. The van der Waals surface area contributed by atoms with E-state index in [-0.39, 0.29) is 10.8 Å². The van der Waals surface area contributed by atoms with E-state index in [1.807, 2.05) is 0 Å². The number of benzene rings is 2. The molecule has 0 spiro atoms. The first-order valence-electron chi connectivity index (χ1n) is 12.5. The number of hydrogen-bond acceptors (Lipinski definition) is 0. The Hall–Kier alpha value is -1.60. The van der Waals surface area contributed by atoms with E-state index < -0.39 is 21.0 Å². The van der Waals surface area contributed by atoms with Crippen LogP contribution in [0.1, 0.15) is 83.6 Å². The maximum atomic E-state index is 4.01. The van der Waals surface area contributed by atoms with Crippen molar-refractivity contribution in [2.45, 2.75) is 82.2 Å². The van der Waals surface area contributed by atoms with Gasteiger partial charge in [0, 0.05) is 0 Å². The summed E-state index contributed by atoms with van der Waals surface area (Å²) in [5.74, 6) is 0. The number of fused-ring (bicyclic) bond motifs is 3. The van der Waals surface area contributed by atoms with Gasteiger partial charge in [0.25, 0.3) is 0 Å². The molecule has 0 radical (unpaired) electrons. The zero-order chi connectivity index (χ0) is 24.0. The molecule has 2 aliphatic carbocycles. The van der Waals surface area contributed by atoms with Crippen LogP contribution in [-0.2, 0) is 38.2 Å². The van der Waals surface area contributed by atoms with Gasteiger partial charge in [0.1, 0.15) is 0 Å². The molecule has 0 fully saturated rings. The first kappa shape index (κ1) is 24.5. The van der Waals surface area contributed by atoms with Crippen LogP contribution in [0.25, 0.3) is 11.1 Å². The van der Waals surface area contributed by atoms with Crippen LogP contribution < -0.4 is 3.32 Å². The van der Waals surface area contributed by atoms with Gasteiger partial charge < -0.3 is 0 Å². The van der Waals surface area contributed by atoms with E-state index in [4.69, 9.17) is 0 Å². The summed E-state index contributed by atoms with van der Waals surface area (Å²) in [5.41, 5.74) is 9.51. The van der Waals surface area contributed by atoms with Gasteiger partial charge in [-0.1, -0.05) is 0 Å². The molecule has 172 valence electrons. The average Bonchev–Trinajstić information content (AvgIpc) is 3.38. The average molecular weight is 603 g/mol. The molecular weight excluding hydrogens is 563 g/mol. The molecule has 0 atom stereocenters. The number of hydrogen-bond donors (Lipinski definition) is 0. The van der Waals surface area contributed by atoms with Crippen molar-refractivity contribution in [2.75, 3.05) is 0 Å². The Morgan fingerprint density at radius 2 is 1.64 bits per heavy atom. The zero-order valence-electron chi connectivity index (χ0n) is 21.7. The molecule has 1 heteroatoms. The van der Waals surface area contributed by atoms with Crippen LogP contribution in [0.2, 0.25) is 3.67 Å². The predicted octanol–water partition coefficient (Wildman–Crippen LogP) is 8.17. The zero-order valence-corrected chi connectivity index (χ0v) is 25.3. The number of rotatable bonds is 5. The molecule has 2 aromatic carbocycles. The van der Waals surface area contributed by atoms with Crippen LogP contribution in [0.3, 0.4) is 0 Å². The van der Waals surface area contributed by atoms with Gasteiger partial charge in [0.2, 0.25) is 0 Å². The van der Waals surface area contributed by atoms with Gasteiger partial charge in [-0.2, -0.15) is 0 Å². The third kappa shape index (κ3) is 4.81. The molecule has 0 unspecified atom stereocenters. The fourth-order valence-corrected chi connectivity index (χ4v) is 18.5. The molecule has 2 aliphatic rings. The summed E-state index contributed by atoms with van der Waals surface area (Å²) in [6.07, 6.45) is 15.0. The standard InChI is InChI=1S/C21H25.C6H10.C5H5.Hf/c1-20(2,3)16-7-9-18-14(12-16)11-15-13-17(21(4,5)6)8-10-19(15)18;1-3-5-6-4-2;1-2-4-5-3-1;/h7-10,12H,11H2,1-6H3;3H,1,5-6H2,2H3;1-5H;. The van der Waals surface area contributed by atoms with Gasteiger partial charge in [-0.3, -0.25) is 0 Å². The van der Waals surface area contributed by atoms with E-state index >= 15 is 0 Å². The molecule has 0 saturated heterocycles. The van der Waals surface area contributed by atoms with Gasteiger partial charge in [-0.25, -0.2) is 0 Å². The summed E-state index contributed by atoms with van der Waals surface area (Å²) >= 11 is -2.42. The van der Waals surface area contributed by atoms with Crippen molar-refractivity contribution in [2.24, 2.45) is 0 Å². The van der Waals surface area contributed by atoms with Crippen molar-refractivity contribution in [3.63, 3.8) is 0 Å². The van der Waals surface area contributed by atoms with Crippen molar-refractivity contribution in [3.8, 4) is 11.1 Å². The normalized spacial score (nSPS) is 16.1. The van der Waals surface area contributed by atoms with Crippen molar-refractivity contribution < 1.29 is 21.0 Å². The minimum absolute atomic E-state index is 0.149. The summed E-state index contributed by atoms with van der Waals surface area (Å²) in [4.78, 5) is 0. The second kappa shape index (κ2) is 9.21. The molecular formula is C32H40Hf. The second-order valence-corrected chi connectivity index (χ2v) is 22.1. The van der Waals surface area contributed by atoms with Crippen LogP contribution in [-0.4, -0.2) is 3.26 Å². The van der Waals surface area contributed by atoms with Gasteiger partial charge in [0.05, 0.1) is 0 Å². The molecule has 4 rings (SSSR count). The maximum absolute atomic E-state index is 4.01. The fourth-order valence-electron chi connectivity index (χ4n) is 5.42. The Bertz CT molecular complexity index is 1160. The Morgan fingerprint density at radius 1 is 0.970 bits per heavy atom. The molecule has 0 aliphatic heterocycles. The van der Waals surface area contributed by atoms with E-state index in [2.05, 4.69) is 116 Å². The first-order valence-corrected chi connectivity index (χ1v) is 18.1. The molecule has 0 aromatic heterocycles. The van der Waals surface area contributed by atoms with Gasteiger partial charge in [0.15, 0.2) is 0 Å². The quantitative estimate of drug-likeness (QED) is 0.204. The van der Waals surface area contributed by atoms with Crippen molar-refractivity contribution in [1.82, 2.24) is 0 Å². The minimum atomic E-state index is -2.42. The Morgan fingerprint density at radius 3 is 2.24 bits per heavy atom. The monoisotopic (exact) mass is 604 g/mol. The van der Waals surface area contributed by atoms with E-state index in [9.17, 15) is 0 Å². The van der Waals surface area contributed by atoms with E-state index in [0.717, 1.165) is 12.8 Å². The van der Waals surface area contributed by atoms with Crippen LogP contribution in [0, 0.1) is 0 Å². The summed E-state index contributed by atoms with van der Waals surface area (Å²) < 4.78 is 4.22. The van der Waals surface area contributed by atoms with Crippen molar-refractivity contribution >= 4 is 6.58 Å². The Balaban J connectivity index is 1.97. The molecule has 0 amide bonds. The molecule has 2 aromatic rings. The molecule has 0 nitrogen and oxygen atoms in total. The van der Waals surface area contributed by atoms with Crippen LogP contribution in [0.4, 0.5) is 0 Å². The third-order valence-electron chi connectivity index (χ3n) is 7.28. The van der Waals surface area contributed by atoms with Crippen molar-refractivity contribution in [1.29, 1.82) is 0 Å². The van der Waals surface area contributed by atoms with Crippen LogP contribution in [0.5, 0.6) is 0 Å². The summed E-state index contributed by atoms with van der Waals surface area (Å²) in [6, 6.07) is 12.2. The predicted molar refractivity (Wildman–Crippen MR) is 144 cm³/mol. The van der Waals surface area contributed by atoms with Gasteiger partial charge in [-0.05, 0) is 0 Å². The molecule has 0 heterocycles. The Labute approximate surface area is 209 Å². The molecule has 0 bridgehead atoms. The summed E-state index contributed by atoms with van der Waals surface area (Å²) in [6.45, 7) is 20.7. The van der Waals surface area contributed by atoms with Gasteiger partial charge in [-0.15, -0.1) is 0 Å². The molecule has 33 heavy (non-hydrogen) atoms. The topological polar surface area (TPSA) is 0 Å². The number of allylic oxidation sites excluding steroid dienone is 5. The van der Waals surface area contributed by atoms with Crippen molar-refractivity contribution in [3.05, 3.63) is 89.5 Å². The van der Waals surface area contributed by atoms with E-state index in [1.54, 1.807) is 17.7 Å². The fraction of sp³-hybridized carbons (Fsp3) is 0.406. The van der Waals surface area contributed by atoms with Gasteiger partial charge >= 0.3 is 210 Å².